The molecular weight excluding hydrogens is 304 g/mol. The number of hydrogen-bond acceptors (Lipinski definition) is 5. The van der Waals surface area contributed by atoms with Gasteiger partial charge in [-0.1, -0.05) is 6.07 Å². The molecule has 0 amide bonds. The van der Waals surface area contributed by atoms with Gasteiger partial charge in [0.15, 0.2) is 0 Å². The molecule has 0 saturated carbocycles. The predicted molar refractivity (Wildman–Crippen MR) is 89.2 cm³/mol. The molecule has 1 saturated heterocycles. The van der Waals surface area contributed by atoms with Gasteiger partial charge < -0.3 is 14.0 Å². The van der Waals surface area contributed by atoms with Gasteiger partial charge in [-0.25, -0.2) is 4.98 Å². The fourth-order valence-electron chi connectivity index (χ4n) is 3.58. The van der Waals surface area contributed by atoms with E-state index in [0.29, 0.717) is 18.6 Å². The molecule has 2 unspecified atom stereocenters. The maximum absolute atomic E-state index is 5.96. The standard InChI is InChI=1S/C18H24N4O2/c1-2-5-19-16(3-1)13-24-12-15-9-21-7-6-20-18(21)11-22(10-15)17-4-8-23-14-17/h1-3,5-7,15,17H,4,8-14H2. The summed E-state index contributed by atoms with van der Waals surface area (Å²) in [6.07, 6.45) is 6.90. The molecule has 4 heterocycles. The third kappa shape index (κ3) is 3.66. The predicted octanol–water partition coefficient (Wildman–Crippen LogP) is 1.72. The first-order chi connectivity index (χ1) is 11.9. The Hall–Kier alpha value is -1.76. The number of fused-ring (bicyclic) bond motifs is 1. The van der Waals surface area contributed by atoms with Crippen LogP contribution in [0.5, 0.6) is 0 Å². The molecule has 0 bridgehead atoms. The van der Waals surface area contributed by atoms with Crippen LogP contribution < -0.4 is 0 Å². The normalized spacial score (nSPS) is 24.7. The van der Waals surface area contributed by atoms with Crippen LogP contribution in [0.15, 0.2) is 36.8 Å². The first-order valence-corrected chi connectivity index (χ1v) is 8.68. The van der Waals surface area contributed by atoms with Gasteiger partial charge in [-0.05, 0) is 18.6 Å². The summed E-state index contributed by atoms with van der Waals surface area (Å²) in [6.45, 7) is 5.90. The van der Waals surface area contributed by atoms with Crippen LogP contribution in [-0.4, -0.2) is 51.8 Å². The molecule has 2 aliphatic heterocycles. The van der Waals surface area contributed by atoms with Crippen molar-refractivity contribution in [3.8, 4) is 0 Å². The third-order valence-corrected chi connectivity index (χ3v) is 4.85. The molecule has 4 rings (SSSR count). The molecular formula is C18H24N4O2. The van der Waals surface area contributed by atoms with Gasteiger partial charge in [0.05, 0.1) is 32.1 Å². The van der Waals surface area contributed by atoms with Gasteiger partial charge >= 0.3 is 0 Å². The fraction of sp³-hybridized carbons (Fsp3) is 0.556. The van der Waals surface area contributed by atoms with Crippen LogP contribution in [0.2, 0.25) is 0 Å². The lowest BCUT2D eigenvalue weighted by Gasteiger charge is -2.28. The molecule has 0 N–H and O–H groups in total. The quantitative estimate of drug-likeness (QED) is 0.836. The van der Waals surface area contributed by atoms with E-state index in [1.807, 2.05) is 30.6 Å². The monoisotopic (exact) mass is 328 g/mol. The number of hydrogen-bond donors (Lipinski definition) is 0. The second-order valence-electron chi connectivity index (χ2n) is 6.64. The van der Waals surface area contributed by atoms with Crippen LogP contribution in [0.4, 0.5) is 0 Å². The largest absolute Gasteiger partial charge is 0.380 e. The number of nitrogens with zero attached hydrogens (tertiary/aromatic N) is 4. The van der Waals surface area contributed by atoms with Crippen LogP contribution in [0, 0.1) is 5.92 Å². The lowest BCUT2D eigenvalue weighted by Crippen LogP contribution is -2.39. The van der Waals surface area contributed by atoms with Crippen molar-refractivity contribution in [1.82, 2.24) is 19.4 Å². The summed E-state index contributed by atoms with van der Waals surface area (Å²) in [5.74, 6) is 1.60. The second kappa shape index (κ2) is 7.42. The van der Waals surface area contributed by atoms with Crippen molar-refractivity contribution in [2.24, 2.45) is 5.92 Å². The molecule has 2 aromatic rings. The van der Waals surface area contributed by atoms with E-state index in [1.165, 1.54) is 0 Å². The minimum atomic E-state index is 0.449. The minimum absolute atomic E-state index is 0.449. The topological polar surface area (TPSA) is 52.4 Å². The highest BCUT2D eigenvalue weighted by atomic mass is 16.5. The Morgan fingerprint density at radius 2 is 2.21 bits per heavy atom. The van der Waals surface area contributed by atoms with Gasteiger partial charge in [0.25, 0.3) is 0 Å². The Balaban J connectivity index is 1.39. The van der Waals surface area contributed by atoms with Crippen molar-refractivity contribution < 1.29 is 9.47 Å². The van der Waals surface area contributed by atoms with Crippen molar-refractivity contribution in [3.05, 3.63) is 48.3 Å². The van der Waals surface area contributed by atoms with E-state index < -0.39 is 0 Å². The average Bonchev–Trinajstić information content (AvgIpc) is 3.25. The molecule has 0 aliphatic carbocycles. The van der Waals surface area contributed by atoms with Gasteiger partial charge in [0, 0.05) is 50.2 Å². The SMILES string of the molecule is c1ccc(COCC2CN(C3CCOC3)Cc3nccn3C2)nc1. The number of ether oxygens (including phenoxy) is 2. The molecule has 2 aromatic heterocycles. The van der Waals surface area contributed by atoms with Crippen LogP contribution >= 0.6 is 0 Å². The fourth-order valence-corrected chi connectivity index (χ4v) is 3.58. The van der Waals surface area contributed by atoms with Crippen molar-refractivity contribution in [2.45, 2.75) is 32.2 Å². The van der Waals surface area contributed by atoms with E-state index in [9.17, 15) is 0 Å². The van der Waals surface area contributed by atoms with Crippen molar-refractivity contribution >= 4 is 0 Å². The molecule has 6 nitrogen and oxygen atoms in total. The van der Waals surface area contributed by atoms with Gasteiger partial charge in [-0.3, -0.25) is 9.88 Å². The molecule has 24 heavy (non-hydrogen) atoms. The molecule has 128 valence electrons. The summed E-state index contributed by atoms with van der Waals surface area (Å²) < 4.78 is 13.8. The molecule has 1 fully saturated rings. The average molecular weight is 328 g/mol. The van der Waals surface area contributed by atoms with Crippen LogP contribution in [-0.2, 0) is 29.2 Å². The molecule has 2 aliphatic rings. The number of rotatable bonds is 5. The summed E-state index contributed by atoms with van der Waals surface area (Å²) in [5, 5.41) is 0. The number of aromatic nitrogens is 3. The Bertz CT molecular complexity index is 639. The summed E-state index contributed by atoms with van der Waals surface area (Å²) in [7, 11) is 0. The zero-order valence-electron chi connectivity index (χ0n) is 13.9. The van der Waals surface area contributed by atoms with E-state index in [4.69, 9.17) is 9.47 Å². The molecule has 2 atom stereocenters. The van der Waals surface area contributed by atoms with Gasteiger partial charge in [0.1, 0.15) is 5.82 Å². The lowest BCUT2D eigenvalue weighted by atomic mass is 10.1. The minimum Gasteiger partial charge on any atom is -0.380 e. The Morgan fingerprint density at radius 3 is 3.04 bits per heavy atom. The van der Waals surface area contributed by atoms with Crippen molar-refractivity contribution in [2.75, 3.05) is 26.4 Å². The summed E-state index contributed by atoms with van der Waals surface area (Å²) >= 11 is 0. The first-order valence-electron chi connectivity index (χ1n) is 8.68. The summed E-state index contributed by atoms with van der Waals surface area (Å²) in [5.41, 5.74) is 0.982. The molecule has 0 spiro atoms. The van der Waals surface area contributed by atoms with E-state index in [-0.39, 0.29) is 0 Å². The highest BCUT2D eigenvalue weighted by molar-refractivity contribution is 5.02. The highest BCUT2D eigenvalue weighted by Gasteiger charge is 2.29. The van der Waals surface area contributed by atoms with Gasteiger partial charge in [0.2, 0.25) is 0 Å². The van der Waals surface area contributed by atoms with Crippen molar-refractivity contribution in [3.63, 3.8) is 0 Å². The third-order valence-electron chi connectivity index (χ3n) is 4.85. The van der Waals surface area contributed by atoms with Gasteiger partial charge in [-0.2, -0.15) is 0 Å². The smallest absolute Gasteiger partial charge is 0.122 e. The zero-order valence-corrected chi connectivity index (χ0v) is 13.9. The van der Waals surface area contributed by atoms with Crippen LogP contribution in [0.3, 0.4) is 0 Å². The Kier molecular flexibility index (Phi) is 4.87. The van der Waals surface area contributed by atoms with E-state index in [1.54, 1.807) is 0 Å². The zero-order chi connectivity index (χ0) is 16.2. The van der Waals surface area contributed by atoms with Crippen LogP contribution in [0.1, 0.15) is 17.9 Å². The molecule has 0 radical (unpaired) electrons. The van der Waals surface area contributed by atoms with E-state index >= 15 is 0 Å². The van der Waals surface area contributed by atoms with Gasteiger partial charge in [-0.15, -0.1) is 0 Å². The maximum Gasteiger partial charge on any atom is 0.122 e. The summed E-state index contributed by atoms with van der Waals surface area (Å²) in [6, 6.07) is 6.43. The number of imidazole rings is 1. The highest BCUT2D eigenvalue weighted by Crippen LogP contribution is 2.22. The summed E-state index contributed by atoms with van der Waals surface area (Å²) in [4.78, 5) is 11.4. The lowest BCUT2D eigenvalue weighted by molar-refractivity contribution is 0.0552. The molecule has 6 heteroatoms. The maximum atomic E-state index is 5.96. The molecule has 0 aromatic carbocycles. The number of pyridine rings is 1. The first kappa shape index (κ1) is 15.7. The van der Waals surface area contributed by atoms with Crippen molar-refractivity contribution in [1.29, 1.82) is 0 Å². The Labute approximate surface area is 142 Å². The second-order valence-corrected chi connectivity index (χ2v) is 6.64. The van der Waals surface area contributed by atoms with E-state index in [0.717, 1.165) is 57.4 Å². The van der Waals surface area contributed by atoms with E-state index in [2.05, 4.69) is 25.6 Å². The Morgan fingerprint density at radius 1 is 1.21 bits per heavy atom. The van der Waals surface area contributed by atoms with Crippen LogP contribution in [0.25, 0.3) is 0 Å².